The van der Waals surface area contributed by atoms with Gasteiger partial charge in [0.05, 0.1) is 5.56 Å². The predicted molar refractivity (Wildman–Crippen MR) is 90.0 cm³/mol. The molecule has 0 radical (unpaired) electrons. The second-order valence-electron chi connectivity index (χ2n) is 5.83. The summed E-state index contributed by atoms with van der Waals surface area (Å²) >= 11 is 0. The lowest BCUT2D eigenvalue weighted by molar-refractivity contribution is 0.1000. The number of primary amides is 1. The molecule has 3 rings (SSSR count). The minimum absolute atomic E-state index is 0.0600. The van der Waals surface area contributed by atoms with E-state index >= 15 is 0 Å². The SMILES string of the molecule is NC(=O)c1cccnc1N1CCN(S(=O)(=O)c2cc(F)c(F)cc2F)CC1. The molecule has 144 valence electrons. The summed E-state index contributed by atoms with van der Waals surface area (Å²) in [4.78, 5) is 16.4. The van der Waals surface area contributed by atoms with Gasteiger partial charge in [0.25, 0.3) is 5.91 Å². The summed E-state index contributed by atoms with van der Waals surface area (Å²) in [5.41, 5.74) is 5.51. The lowest BCUT2D eigenvalue weighted by Gasteiger charge is -2.35. The molecule has 0 atom stereocenters. The Morgan fingerprint density at radius 1 is 1.04 bits per heavy atom. The molecule has 1 fully saturated rings. The van der Waals surface area contributed by atoms with Crippen LogP contribution in [0, 0.1) is 17.5 Å². The van der Waals surface area contributed by atoms with Crippen LogP contribution in [-0.4, -0.2) is 49.8 Å². The smallest absolute Gasteiger partial charge is 0.252 e. The van der Waals surface area contributed by atoms with Gasteiger partial charge in [-0.3, -0.25) is 4.79 Å². The lowest BCUT2D eigenvalue weighted by atomic mass is 10.2. The number of nitrogens with two attached hydrogens (primary N) is 1. The van der Waals surface area contributed by atoms with Gasteiger partial charge in [0.2, 0.25) is 10.0 Å². The highest BCUT2D eigenvalue weighted by atomic mass is 32.2. The lowest BCUT2D eigenvalue weighted by Crippen LogP contribution is -2.49. The van der Waals surface area contributed by atoms with Crippen molar-refractivity contribution in [2.24, 2.45) is 5.73 Å². The van der Waals surface area contributed by atoms with Gasteiger partial charge in [0.1, 0.15) is 16.5 Å². The fourth-order valence-corrected chi connectivity index (χ4v) is 4.30. The highest BCUT2D eigenvalue weighted by molar-refractivity contribution is 7.89. The van der Waals surface area contributed by atoms with Crippen LogP contribution in [0.3, 0.4) is 0 Å². The van der Waals surface area contributed by atoms with Crippen LogP contribution in [0.2, 0.25) is 0 Å². The highest BCUT2D eigenvalue weighted by Gasteiger charge is 2.32. The second-order valence-corrected chi connectivity index (χ2v) is 7.73. The molecular weight excluding hydrogens is 385 g/mol. The molecule has 0 saturated carbocycles. The fraction of sp³-hybridized carbons (Fsp3) is 0.250. The molecule has 1 aromatic carbocycles. The maximum atomic E-state index is 13.9. The fourth-order valence-electron chi connectivity index (χ4n) is 2.82. The van der Waals surface area contributed by atoms with Crippen LogP contribution in [0.15, 0.2) is 35.4 Å². The molecule has 1 aromatic heterocycles. The molecule has 0 spiro atoms. The first-order valence-electron chi connectivity index (χ1n) is 7.86. The van der Waals surface area contributed by atoms with Crippen molar-refractivity contribution in [2.75, 3.05) is 31.1 Å². The topological polar surface area (TPSA) is 96.6 Å². The molecule has 1 aliphatic heterocycles. The summed E-state index contributed by atoms with van der Waals surface area (Å²) in [5.74, 6) is -4.63. The van der Waals surface area contributed by atoms with Crippen LogP contribution in [-0.2, 0) is 10.0 Å². The van der Waals surface area contributed by atoms with Gasteiger partial charge in [-0.05, 0) is 18.2 Å². The first-order valence-corrected chi connectivity index (χ1v) is 9.30. The third-order valence-corrected chi connectivity index (χ3v) is 6.10. The zero-order valence-electron chi connectivity index (χ0n) is 13.9. The van der Waals surface area contributed by atoms with Gasteiger partial charge in [-0.2, -0.15) is 4.31 Å². The molecule has 1 aliphatic rings. The number of anilines is 1. The number of benzene rings is 1. The van der Waals surface area contributed by atoms with Crippen molar-refractivity contribution in [3.8, 4) is 0 Å². The van der Waals surface area contributed by atoms with Gasteiger partial charge in [-0.15, -0.1) is 0 Å². The average molecular weight is 400 g/mol. The third-order valence-electron chi connectivity index (χ3n) is 4.18. The Kier molecular flexibility index (Phi) is 5.07. The normalized spacial score (nSPS) is 15.7. The maximum absolute atomic E-state index is 13.9. The van der Waals surface area contributed by atoms with E-state index in [4.69, 9.17) is 5.73 Å². The first kappa shape index (κ1) is 19.1. The Morgan fingerprint density at radius 3 is 2.30 bits per heavy atom. The van der Waals surface area contributed by atoms with Crippen molar-refractivity contribution < 1.29 is 26.4 Å². The monoisotopic (exact) mass is 400 g/mol. The van der Waals surface area contributed by atoms with Crippen molar-refractivity contribution in [3.05, 3.63) is 53.5 Å². The molecule has 11 heteroatoms. The van der Waals surface area contributed by atoms with Crippen molar-refractivity contribution in [2.45, 2.75) is 4.90 Å². The van der Waals surface area contributed by atoms with E-state index in [9.17, 15) is 26.4 Å². The Morgan fingerprint density at radius 2 is 1.67 bits per heavy atom. The summed E-state index contributed by atoms with van der Waals surface area (Å²) < 4.78 is 66.4. The Hall–Kier alpha value is -2.66. The van der Waals surface area contributed by atoms with E-state index in [-0.39, 0.29) is 37.8 Å². The van der Waals surface area contributed by atoms with Crippen LogP contribution < -0.4 is 10.6 Å². The number of pyridine rings is 1. The minimum Gasteiger partial charge on any atom is -0.365 e. The second kappa shape index (κ2) is 7.16. The van der Waals surface area contributed by atoms with Crippen molar-refractivity contribution in [1.82, 2.24) is 9.29 Å². The van der Waals surface area contributed by atoms with Gasteiger partial charge in [0, 0.05) is 38.4 Å². The molecule has 1 saturated heterocycles. The molecule has 2 aromatic rings. The molecule has 1 amide bonds. The number of amides is 1. The molecule has 2 N–H and O–H groups in total. The van der Waals surface area contributed by atoms with Crippen LogP contribution in [0.25, 0.3) is 0 Å². The molecule has 27 heavy (non-hydrogen) atoms. The zero-order valence-corrected chi connectivity index (χ0v) is 14.7. The Labute approximate surface area is 153 Å². The number of carbonyl (C=O) groups excluding carboxylic acids is 1. The number of piperazine rings is 1. The summed E-state index contributed by atoms with van der Waals surface area (Å²) in [7, 11) is -4.35. The Balaban J connectivity index is 1.82. The minimum atomic E-state index is -4.35. The van der Waals surface area contributed by atoms with E-state index in [1.165, 1.54) is 12.3 Å². The number of sulfonamides is 1. The number of hydrogen-bond donors (Lipinski definition) is 1. The number of aromatic nitrogens is 1. The van der Waals surface area contributed by atoms with Gasteiger partial charge in [-0.25, -0.2) is 26.6 Å². The van der Waals surface area contributed by atoms with Gasteiger partial charge >= 0.3 is 0 Å². The third kappa shape index (κ3) is 3.60. The number of nitrogens with zero attached hydrogens (tertiary/aromatic N) is 3. The number of rotatable bonds is 4. The van der Waals surface area contributed by atoms with Gasteiger partial charge in [0.15, 0.2) is 11.6 Å². The molecule has 0 unspecified atom stereocenters. The van der Waals surface area contributed by atoms with E-state index < -0.39 is 38.3 Å². The van der Waals surface area contributed by atoms with Crippen molar-refractivity contribution in [1.29, 1.82) is 0 Å². The quantitative estimate of drug-likeness (QED) is 0.776. The molecule has 0 aliphatic carbocycles. The zero-order chi connectivity index (χ0) is 19.8. The van der Waals surface area contributed by atoms with E-state index in [0.717, 1.165) is 4.31 Å². The van der Waals surface area contributed by atoms with Crippen molar-refractivity contribution in [3.63, 3.8) is 0 Å². The standard InChI is InChI=1S/C16H15F3N4O3S/c17-11-8-13(19)14(9-12(11)18)27(25,26)23-6-4-22(5-7-23)16-10(15(20)24)2-1-3-21-16/h1-3,8-9H,4-7H2,(H2,20,24). The van der Waals surface area contributed by atoms with Crippen LogP contribution >= 0.6 is 0 Å². The summed E-state index contributed by atoms with van der Waals surface area (Å²) in [6.45, 7) is 0.189. The largest absolute Gasteiger partial charge is 0.365 e. The number of hydrogen-bond acceptors (Lipinski definition) is 5. The average Bonchev–Trinajstić information content (AvgIpc) is 2.64. The number of carbonyl (C=O) groups is 1. The molecule has 0 bridgehead atoms. The molecular formula is C16H15F3N4O3S. The number of halogens is 3. The molecule has 2 heterocycles. The molecule has 7 nitrogen and oxygen atoms in total. The summed E-state index contributed by atoms with van der Waals surface area (Å²) in [6.07, 6.45) is 1.47. The Bertz CT molecular complexity index is 992. The van der Waals surface area contributed by atoms with E-state index in [1.54, 1.807) is 11.0 Å². The summed E-state index contributed by atoms with van der Waals surface area (Å²) in [5, 5.41) is 0. The predicted octanol–water partition coefficient (Wildman–Crippen LogP) is 1.11. The highest BCUT2D eigenvalue weighted by Crippen LogP contribution is 2.25. The van der Waals surface area contributed by atoms with Crippen LogP contribution in [0.5, 0.6) is 0 Å². The van der Waals surface area contributed by atoms with E-state index in [1.807, 2.05) is 0 Å². The summed E-state index contributed by atoms with van der Waals surface area (Å²) in [6, 6.07) is 3.59. The first-order chi connectivity index (χ1) is 12.7. The van der Waals surface area contributed by atoms with E-state index in [0.29, 0.717) is 11.9 Å². The van der Waals surface area contributed by atoms with Gasteiger partial charge in [-0.1, -0.05) is 0 Å². The van der Waals surface area contributed by atoms with Crippen molar-refractivity contribution >= 4 is 21.7 Å². The van der Waals surface area contributed by atoms with Crippen LogP contribution in [0.1, 0.15) is 10.4 Å². The van der Waals surface area contributed by atoms with Crippen LogP contribution in [0.4, 0.5) is 19.0 Å². The van der Waals surface area contributed by atoms with E-state index in [2.05, 4.69) is 4.98 Å². The van der Waals surface area contributed by atoms with Gasteiger partial charge < -0.3 is 10.6 Å². The maximum Gasteiger partial charge on any atom is 0.252 e.